The molecule has 1 aliphatic heterocycles. The lowest BCUT2D eigenvalue weighted by molar-refractivity contribution is -0.153. The Hall–Kier alpha value is -0.900. The van der Waals surface area contributed by atoms with Gasteiger partial charge >= 0.3 is 11.9 Å². The predicted molar refractivity (Wildman–Crippen MR) is 32.9 cm³/mol. The molecule has 0 aromatic heterocycles. The quantitative estimate of drug-likeness (QED) is 0.394. The fourth-order valence-electron chi connectivity index (χ4n) is 0.974. The van der Waals surface area contributed by atoms with Crippen LogP contribution in [-0.2, 0) is 14.3 Å². The van der Waals surface area contributed by atoms with E-state index >= 15 is 0 Å². The van der Waals surface area contributed by atoms with Crippen LogP contribution in [-0.4, -0.2) is 18.0 Å². The number of hydrogen-bond acceptors (Lipinski definition) is 4. The molecule has 0 bridgehead atoms. The second kappa shape index (κ2) is 2.38. The van der Waals surface area contributed by atoms with E-state index in [-0.39, 0.29) is 0 Å². The topological polar surface area (TPSA) is 69.4 Å². The van der Waals surface area contributed by atoms with Crippen molar-refractivity contribution in [2.45, 2.75) is 19.4 Å². The first-order chi connectivity index (χ1) is 4.66. The van der Waals surface area contributed by atoms with Crippen LogP contribution in [0.5, 0.6) is 0 Å². The largest absolute Gasteiger partial charge is 0.392 e. The third-order valence-corrected chi connectivity index (χ3v) is 1.65. The van der Waals surface area contributed by atoms with E-state index in [4.69, 9.17) is 5.73 Å². The van der Waals surface area contributed by atoms with Gasteiger partial charge in [0.15, 0.2) is 0 Å². The van der Waals surface area contributed by atoms with E-state index in [1.54, 1.807) is 6.92 Å². The summed E-state index contributed by atoms with van der Waals surface area (Å²) < 4.78 is 4.27. The van der Waals surface area contributed by atoms with Gasteiger partial charge in [-0.05, 0) is 6.42 Å². The fourth-order valence-corrected chi connectivity index (χ4v) is 0.974. The molecule has 0 amide bonds. The number of esters is 2. The minimum atomic E-state index is -0.738. The SMILES string of the molecule is CCC1C(=O)OC(=O)C1N. The highest BCUT2D eigenvalue weighted by atomic mass is 16.6. The van der Waals surface area contributed by atoms with Crippen LogP contribution in [0.4, 0.5) is 0 Å². The first-order valence-electron chi connectivity index (χ1n) is 3.18. The smallest absolute Gasteiger partial charge is 0.331 e. The fraction of sp³-hybridized carbons (Fsp3) is 0.667. The van der Waals surface area contributed by atoms with Gasteiger partial charge in [-0.1, -0.05) is 6.92 Å². The maximum Gasteiger partial charge on any atom is 0.331 e. The maximum absolute atomic E-state index is 10.7. The van der Waals surface area contributed by atoms with Crippen LogP contribution >= 0.6 is 0 Å². The van der Waals surface area contributed by atoms with Gasteiger partial charge in [0.05, 0.1) is 5.92 Å². The average molecular weight is 143 g/mol. The monoisotopic (exact) mass is 143 g/mol. The van der Waals surface area contributed by atoms with Crippen molar-refractivity contribution in [3.8, 4) is 0 Å². The number of carbonyl (C=O) groups is 2. The highest BCUT2D eigenvalue weighted by Crippen LogP contribution is 2.17. The van der Waals surface area contributed by atoms with Crippen molar-refractivity contribution in [1.82, 2.24) is 0 Å². The Labute approximate surface area is 58.3 Å². The maximum atomic E-state index is 10.7. The van der Waals surface area contributed by atoms with E-state index in [0.717, 1.165) is 0 Å². The van der Waals surface area contributed by atoms with Gasteiger partial charge in [-0.15, -0.1) is 0 Å². The molecule has 1 saturated heterocycles. The Morgan fingerprint density at radius 2 is 2.10 bits per heavy atom. The molecule has 1 aliphatic rings. The van der Waals surface area contributed by atoms with E-state index in [2.05, 4.69) is 4.74 Å². The Bertz CT molecular complexity index is 178. The number of cyclic esters (lactones) is 2. The summed E-state index contributed by atoms with van der Waals surface area (Å²) in [6.45, 7) is 1.80. The molecule has 56 valence electrons. The van der Waals surface area contributed by atoms with Crippen LogP contribution in [0.15, 0.2) is 0 Å². The van der Waals surface area contributed by atoms with Crippen molar-refractivity contribution in [3.63, 3.8) is 0 Å². The molecule has 2 unspecified atom stereocenters. The summed E-state index contributed by atoms with van der Waals surface area (Å²) in [6, 6.07) is -0.738. The van der Waals surface area contributed by atoms with Crippen LogP contribution in [0.2, 0.25) is 0 Å². The molecule has 4 heteroatoms. The first-order valence-corrected chi connectivity index (χ1v) is 3.18. The van der Waals surface area contributed by atoms with Gasteiger partial charge in [-0.25, -0.2) is 4.79 Å². The lowest BCUT2D eigenvalue weighted by Crippen LogP contribution is -2.32. The molecule has 1 heterocycles. The lowest BCUT2D eigenvalue weighted by atomic mass is 10.0. The van der Waals surface area contributed by atoms with E-state index in [1.165, 1.54) is 0 Å². The number of rotatable bonds is 1. The van der Waals surface area contributed by atoms with Crippen molar-refractivity contribution in [2.24, 2.45) is 11.7 Å². The summed E-state index contributed by atoms with van der Waals surface area (Å²) in [4.78, 5) is 21.3. The zero-order valence-corrected chi connectivity index (χ0v) is 5.66. The molecule has 0 aliphatic carbocycles. The van der Waals surface area contributed by atoms with Gasteiger partial charge in [-0.3, -0.25) is 4.79 Å². The molecule has 10 heavy (non-hydrogen) atoms. The number of hydrogen-bond donors (Lipinski definition) is 1. The zero-order chi connectivity index (χ0) is 7.72. The van der Waals surface area contributed by atoms with Crippen LogP contribution in [0.3, 0.4) is 0 Å². The molecule has 0 saturated carbocycles. The Balaban J connectivity index is 2.73. The molecular weight excluding hydrogens is 134 g/mol. The molecule has 4 nitrogen and oxygen atoms in total. The Kier molecular flexibility index (Phi) is 1.72. The third kappa shape index (κ3) is 0.903. The molecule has 0 spiro atoms. The molecule has 0 aromatic rings. The summed E-state index contributed by atoms with van der Waals surface area (Å²) in [7, 11) is 0. The first kappa shape index (κ1) is 7.21. The molecule has 0 aromatic carbocycles. The van der Waals surface area contributed by atoms with E-state index in [9.17, 15) is 9.59 Å². The molecule has 2 N–H and O–H groups in total. The number of ether oxygens (including phenoxy) is 1. The summed E-state index contributed by atoms with van der Waals surface area (Å²) in [5.41, 5.74) is 5.33. The van der Waals surface area contributed by atoms with Gasteiger partial charge in [0.25, 0.3) is 0 Å². The molecule has 1 rings (SSSR count). The van der Waals surface area contributed by atoms with Gasteiger partial charge in [0.1, 0.15) is 6.04 Å². The molecule has 0 radical (unpaired) electrons. The van der Waals surface area contributed by atoms with Crippen LogP contribution in [0.25, 0.3) is 0 Å². The Morgan fingerprint density at radius 3 is 2.30 bits per heavy atom. The van der Waals surface area contributed by atoms with Crippen LogP contribution < -0.4 is 5.73 Å². The average Bonchev–Trinajstić information content (AvgIpc) is 2.09. The van der Waals surface area contributed by atoms with Crippen molar-refractivity contribution in [3.05, 3.63) is 0 Å². The second-order valence-electron chi connectivity index (χ2n) is 2.28. The summed E-state index contributed by atoms with van der Waals surface area (Å²) in [5.74, 6) is -1.51. The molecular formula is C6H9NO3. The highest BCUT2D eigenvalue weighted by molar-refractivity contribution is 5.98. The summed E-state index contributed by atoms with van der Waals surface area (Å²) in [5, 5.41) is 0. The van der Waals surface area contributed by atoms with E-state index in [0.29, 0.717) is 6.42 Å². The summed E-state index contributed by atoms with van der Waals surface area (Å²) >= 11 is 0. The van der Waals surface area contributed by atoms with E-state index in [1.807, 2.05) is 0 Å². The van der Waals surface area contributed by atoms with Crippen molar-refractivity contribution < 1.29 is 14.3 Å². The van der Waals surface area contributed by atoms with Gasteiger partial charge < -0.3 is 10.5 Å². The van der Waals surface area contributed by atoms with Gasteiger partial charge in [0.2, 0.25) is 0 Å². The highest BCUT2D eigenvalue weighted by Gasteiger charge is 2.40. The van der Waals surface area contributed by atoms with Gasteiger partial charge in [-0.2, -0.15) is 0 Å². The number of carbonyl (C=O) groups excluding carboxylic acids is 2. The zero-order valence-electron chi connectivity index (χ0n) is 5.66. The molecule has 1 fully saturated rings. The third-order valence-electron chi connectivity index (χ3n) is 1.65. The normalized spacial score (nSPS) is 32.6. The predicted octanol–water partition coefficient (Wildman–Crippen LogP) is -0.577. The minimum Gasteiger partial charge on any atom is -0.392 e. The standard InChI is InChI=1S/C6H9NO3/c1-2-3-4(7)6(9)10-5(3)8/h3-4H,2,7H2,1H3. The van der Waals surface area contributed by atoms with Crippen molar-refractivity contribution >= 4 is 11.9 Å². The van der Waals surface area contributed by atoms with E-state index < -0.39 is 23.9 Å². The van der Waals surface area contributed by atoms with Crippen LogP contribution in [0, 0.1) is 5.92 Å². The second-order valence-corrected chi connectivity index (χ2v) is 2.28. The minimum absolute atomic E-state index is 0.424. The van der Waals surface area contributed by atoms with Crippen molar-refractivity contribution in [1.29, 1.82) is 0 Å². The summed E-state index contributed by atoms with van der Waals surface area (Å²) in [6.07, 6.45) is 0.561. The lowest BCUT2D eigenvalue weighted by Gasteiger charge is -2.02. The van der Waals surface area contributed by atoms with Crippen molar-refractivity contribution in [2.75, 3.05) is 0 Å². The van der Waals surface area contributed by atoms with Crippen LogP contribution in [0.1, 0.15) is 13.3 Å². The molecule has 2 atom stereocenters. The van der Waals surface area contributed by atoms with Gasteiger partial charge in [0, 0.05) is 0 Å². The number of nitrogens with two attached hydrogens (primary N) is 1. The Morgan fingerprint density at radius 1 is 1.50 bits per heavy atom.